The van der Waals surface area contributed by atoms with Gasteiger partial charge in [0.25, 0.3) is 0 Å². The minimum Gasteiger partial charge on any atom is -0.336 e. The van der Waals surface area contributed by atoms with E-state index in [4.69, 9.17) is 0 Å². The van der Waals surface area contributed by atoms with Crippen LogP contribution in [-0.4, -0.2) is 47.4 Å². The van der Waals surface area contributed by atoms with Crippen LogP contribution in [0.4, 0.5) is 0 Å². The normalized spacial score (nSPS) is 45.3. The van der Waals surface area contributed by atoms with Crippen LogP contribution in [0, 0.1) is 0 Å². The van der Waals surface area contributed by atoms with Crippen LogP contribution in [0.15, 0.2) is 0 Å². The monoisotopic (exact) mass is 166 g/mol. The number of piperidine rings is 1. The highest BCUT2D eigenvalue weighted by molar-refractivity contribution is 5.51. The number of hydrogen-bond acceptors (Lipinski definition) is 2. The van der Waals surface area contributed by atoms with E-state index in [1.807, 2.05) is 0 Å². The standard InChI is InChI=1S/C9H14N2O/c12-6-11-7-4-9-8(11)2-1-3-10(9)5-7/h6-9H,1-5H2. The van der Waals surface area contributed by atoms with Crippen LogP contribution in [-0.2, 0) is 4.79 Å². The third kappa shape index (κ3) is 0.678. The molecule has 12 heavy (non-hydrogen) atoms. The van der Waals surface area contributed by atoms with Gasteiger partial charge in [-0.05, 0) is 25.8 Å². The molecule has 0 aromatic heterocycles. The molecular weight excluding hydrogens is 152 g/mol. The lowest BCUT2D eigenvalue weighted by Crippen LogP contribution is -2.55. The van der Waals surface area contributed by atoms with E-state index in [2.05, 4.69) is 9.80 Å². The van der Waals surface area contributed by atoms with Crippen molar-refractivity contribution in [2.24, 2.45) is 0 Å². The number of hydrogen-bond donors (Lipinski definition) is 0. The van der Waals surface area contributed by atoms with Gasteiger partial charge in [-0.2, -0.15) is 0 Å². The molecule has 3 heteroatoms. The molecule has 3 aliphatic heterocycles. The van der Waals surface area contributed by atoms with E-state index in [0.717, 1.165) is 13.0 Å². The van der Waals surface area contributed by atoms with Crippen molar-refractivity contribution in [3.63, 3.8) is 0 Å². The molecule has 0 aromatic rings. The molecule has 0 saturated carbocycles. The average Bonchev–Trinajstić information content (AvgIpc) is 2.60. The smallest absolute Gasteiger partial charge is 0.210 e. The highest BCUT2D eigenvalue weighted by Gasteiger charge is 2.50. The summed E-state index contributed by atoms with van der Waals surface area (Å²) in [6.45, 7) is 2.41. The molecule has 0 aliphatic carbocycles. The second kappa shape index (κ2) is 2.22. The van der Waals surface area contributed by atoms with Gasteiger partial charge in [0.15, 0.2) is 0 Å². The number of piperazine rings is 1. The van der Waals surface area contributed by atoms with E-state index in [1.54, 1.807) is 0 Å². The Balaban J connectivity index is 1.91. The summed E-state index contributed by atoms with van der Waals surface area (Å²) in [7, 11) is 0. The van der Waals surface area contributed by atoms with E-state index in [0.29, 0.717) is 18.1 Å². The molecule has 0 aromatic carbocycles. The van der Waals surface area contributed by atoms with Crippen LogP contribution in [0.5, 0.6) is 0 Å². The van der Waals surface area contributed by atoms with Gasteiger partial charge < -0.3 is 4.90 Å². The molecule has 3 unspecified atom stereocenters. The van der Waals surface area contributed by atoms with Crippen LogP contribution in [0.2, 0.25) is 0 Å². The topological polar surface area (TPSA) is 23.6 Å². The lowest BCUT2D eigenvalue weighted by atomic mass is 9.98. The summed E-state index contributed by atoms with van der Waals surface area (Å²) in [4.78, 5) is 15.4. The van der Waals surface area contributed by atoms with Crippen molar-refractivity contribution < 1.29 is 4.79 Å². The largest absolute Gasteiger partial charge is 0.336 e. The summed E-state index contributed by atoms with van der Waals surface area (Å²) in [5.41, 5.74) is 0. The Morgan fingerprint density at radius 3 is 3.08 bits per heavy atom. The molecule has 2 bridgehead atoms. The molecule has 3 aliphatic rings. The molecule has 66 valence electrons. The van der Waals surface area contributed by atoms with Crippen LogP contribution in [0.25, 0.3) is 0 Å². The third-order valence-electron chi connectivity index (χ3n) is 3.74. The first-order valence-corrected chi connectivity index (χ1v) is 4.87. The summed E-state index contributed by atoms with van der Waals surface area (Å²) in [6.07, 6.45) is 4.82. The fourth-order valence-corrected chi connectivity index (χ4v) is 3.26. The number of nitrogens with zero attached hydrogens (tertiary/aromatic N) is 2. The Kier molecular flexibility index (Phi) is 1.28. The van der Waals surface area contributed by atoms with Crippen molar-refractivity contribution >= 4 is 6.41 Å². The van der Waals surface area contributed by atoms with Crippen LogP contribution < -0.4 is 0 Å². The Morgan fingerprint density at radius 2 is 2.25 bits per heavy atom. The highest BCUT2D eigenvalue weighted by Crippen LogP contribution is 2.39. The summed E-state index contributed by atoms with van der Waals surface area (Å²) in [5, 5.41) is 0. The van der Waals surface area contributed by atoms with E-state index >= 15 is 0 Å². The zero-order chi connectivity index (χ0) is 8.13. The van der Waals surface area contributed by atoms with Gasteiger partial charge in [0, 0.05) is 24.7 Å². The molecule has 0 spiro atoms. The lowest BCUT2D eigenvalue weighted by molar-refractivity contribution is -0.124. The van der Waals surface area contributed by atoms with Crippen molar-refractivity contribution in [1.82, 2.24) is 9.80 Å². The summed E-state index contributed by atoms with van der Waals surface area (Å²) in [6, 6.07) is 1.83. The molecule has 3 saturated heterocycles. The van der Waals surface area contributed by atoms with E-state index in [1.165, 1.54) is 25.8 Å². The molecule has 3 heterocycles. The zero-order valence-corrected chi connectivity index (χ0v) is 7.15. The first-order chi connectivity index (χ1) is 5.90. The molecule has 0 N–H and O–H groups in total. The Morgan fingerprint density at radius 1 is 1.33 bits per heavy atom. The highest BCUT2D eigenvalue weighted by atomic mass is 16.1. The Labute approximate surface area is 72.3 Å². The molecule has 3 rings (SSSR count). The molecule has 3 atom stereocenters. The number of fused-ring (bicyclic) bond motifs is 1. The van der Waals surface area contributed by atoms with Gasteiger partial charge in [-0.3, -0.25) is 9.69 Å². The number of carbonyl (C=O) groups excluding carboxylic acids is 1. The number of rotatable bonds is 1. The van der Waals surface area contributed by atoms with Crippen LogP contribution in [0.3, 0.4) is 0 Å². The van der Waals surface area contributed by atoms with Crippen molar-refractivity contribution in [3.05, 3.63) is 0 Å². The van der Waals surface area contributed by atoms with Gasteiger partial charge in [-0.25, -0.2) is 0 Å². The van der Waals surface area contributed by atoms with Gasteiger partial charge in [-0.1, -0.05) is 0 Å². The van der Waals surface area contributed by atoms with Gasteiger partial charge in [0.05, 0.1) is 0 Å². The van der Waals surface area contributed by atoms with E-state index < -0.39 is 0 Å². The Hall–Kier alpha value is -0.570. The van der Waals surface area contributed by atoms with E-state index in [9.17, 15) is 4.79 Å². The first-order valence-electron chi connectivity index (χ1n) is 4.87. The van der Waals surface area contributed by atoms with Crippen molar-refractivity contribution in [2.45, 2.75) is 37.4 Å². The van der Waals surface area contributed by atoms with E-state index in [-0.39, 0.29) is 0 Å². The first kappa shape index (κ1) is 6.89. The van der Waals surface area contributed by atoms with Crippen molar-refractivity contribution in [3.8, 4) is 0 Å². The van der Waals surface area contributed by atoms with Crippen molar-refractivity contribution in [2.75, 3.05) is 13.1 Å². The molecule has 3 fully saturated rings. The maximum Gasteiger partial charge on any atom is 0.210 e. The summed E-state index contributed by atoms with van der Waals surface area (Å²) >= 11 is 0. The minimum absolute atomic E-state index is 0.554. The second-order valence-electron chi connectivity index (χ2n) is 4.21. The maximum atomic E-state index is 10.8. The fourth-order valence-electron chi connectivity index (χ4n) is 3.26. The van der Waals surface area contributed by atoms with Crippen LogP contribution >= 0.6 is 0 Å². The van der Waals surface area contributed by atoms with Gasteiger partial charge in [-0.15, -0.1) is 0 Å². The second-order valence-corrected chi connectivity index (χ2v) is 4.21. The summed E-state index contributed by atoms with van der Waals surface area (Å²) in [5.74, 6) is 0. The third-order valence-corrected chi connectivity index (χ3v) is 3.74. The Bertz CT molecular complexity index is 217. The summed E-state index contributed by atoms with van der Waals surface area (Å²) < 4.78 is 0. The zero-order valence-electron chi connectivity index (χ0n) is 7.15. The number of amides is 1. The van der Waals surface area contributed by atoms with Crippen LogP contribution in [0.1, 0.15) is 19.3 Å². The van der Waals surface area contributed by atoms with Gasteiger partial charge in [0.2, 0.25) is 6.41 Å². The minimum atomic E-state index is 0.554. The lowest BCUT2D eigenvalue weighted by Gasteiger charge is -2.43. The quantitative estimate of drug-likeness (QED) is 0.514. The fraction of sp³-hybridized carbons (Fsp3) is 0.889. The van der Waals surface area contributed by atoms with Gasteiger partial charge in [0.1, 0.15) is 0 Å². The molecule has 0 radical (unpaired) electrons. The molecule has 1 amide bonds. The van der Waals surface area contributed by atoms with Gasteiger partial charge >= 0.3 is 0 Å². The average molecular weight is 166 g/mol. The van der Waals surface area contributed by atoms with Crippen molar-refractivity contribution in [1.29, 1.82) is 0 Å². The maximum absolute atomic E-state index is 10.8. The number of likely N-dealkylation sites (tertiary alicyclic amines) is 1. The SMILES string of the molecule is O=CN1C2CC3C1CCCN3C2. The molecular formula is C9H14N2O. The predicted molar refractivity (Wildman–Crippen MR) is 44.7 cm³/mol. The number of carbonyl (C=O) groups is 1. The molecule has 3 nitrogen and oxygen atoms in total. The predicted octanol–water partition coefficient (Wildman–Crippen LogP) is 0.0637.